The molecular formula is C18H15Cl2N3O2. The average molecular weight is 376 g/mol. The van der Waals surface area contributed by atoms with Gasteiger partial charge in [0.2, 0.25) is 0 Å². The van der Waals surface area contributed by atoms with Gasteiger partial charge in [0.05, 0.1) is 18.2 Å². The van der Waals surface area contributed by atoms with Gasteiger partial charge in [0, 0.05) is 17.0 Å². The van der Waals surface area contributed by atoms with Crippen molar-refractivity contribution in [2.24, 2.45) is 0 Å². The molecule has 1 fully saturated rings. The normalized spacial score (nSPS) is 19.4. The topological polar surface area (TPSA) is 49.2 Å². The summed E-state index contributed by atoms with van der Waals surface area (Å²) in [5, 5.41) is 5.43. The van der Waals surface area contributed by atoms with Crippen LogP contribution < -0.4 is 4.74 Å². The fourth-order valence-electron chi connectivity index (χ4n) is 2.91. The Kier molecular flexibility index (Phi) is 4.37. The van der Waals surface area contributed by atoms with Crippen LogP contribution in [0.15, 0.2) is 55.1 Å². The van der Waals surface area contributed by atoms with E-state index in [1.165, 1.54) is 6.33 Å². The van der Waals surface area contributed by atoms with Crippen LogP contribution in [0.3, 0.4) is 0 Å². The van der Waals surface area contributed by atoms with Crippen LogP contribution in [0.25, 0.3) is 0 Å². The molecule has 1 unspecified atom stereocenters. The molecule has 0 bridgehead atoms. The Morgan fingerprint density at radius 2 is 1.88 bits per heavy atom. The molecule has 0 aliphatic carbocycles. The zero-order chi connectivity index (χ0) is 17.3. The van der Waals surface area contributed by atoms with E-state index in [9.17, 15) is 0 Å². The summed E-state index contributed by atoms with van der Waals surface area (Å²) < 4.78 is 13.5. The van der Waals surface area contributed by atoms with Gasteiger partial charge in [-0.15, -0.1) is 0 Å². The molecule has 2 aromatic carbocycles. The molecule has 0 N–H and O–H groups in total. The van der Waals surface area contributed by atoms with E-state index in [0.717, 1.165) is 12.0 Å². The van der Waals surface area contributed by atoms with Crippen molar-refractivity contribution in [1.82, 2.24) is 14.8 Å². The highest BCUT2D eigenvalue weighted by molar-refractivity contribution is 6.31. The Balaban J connectivity index is 1.57. The Morgan fingerprint density at radius 3 is 2.48 bits per heavy atom. The van der Waals surface area contributed by atoms with Gasteiger partial charge in [-0.1, -0.05) is 29.3 Å². The zero-order valence-electron chi connectivity index (χ0n) is 13.2. The molecule has 0 amide bonds. The summed E-state index contributed by atoms with van der Waals surface area (Å²) in [5.74, 6) is 1.36. The van der Waals surface area contributed by atoms with Crippen molar-refractivity contribution in [2.45, 2.75) is 18.6 Å². The molecule has 25 heavy (non-hydrogen) atoms. The van der Waals surface area contributed by atoms with Gasteiger partial charge in [-0.05, 0) is 36.4 Å². The van der Waals surface area contributed by atoms with E-state index in [0.29, 0.717) is 34.7 Å². The third kappa shape index (κ3) is 3.35. The van der Waals surface area contributed by atoms with E-state index < -0.39 is 5.60 Å². The van der Waals surface area contributed by atoms with Crippen LogP contribution in [-0.2, 0) is 16.9 Å². The van der Waals surface area contributed by atoms with E-state index in [1.54, 1.807) is 29.2 Å². The Bertz CT molecular complexity index is 863. The van der Waals surface area contributed by atoms with Gasteiger partial charge in [-0.25, -0.2) is 9.67 Å². The van der Waals surface area contributed by atoms with E-state index in [4.69, 9.17) is 32.7 Å². The fraction of sp³-hybridized carbons (Fsp3) is 0.222. The third-order valence-electron chi connectivity index (χ3n) is 4.25. The first-order valence-electron chi connectivity index (χ1n) is 7.84. The summed E-state index contributed by atoms with van der Waals surface area (Å²) in [6, 6.07) is 12.8. The molecule has 1 aliphatic heterocycles. The lowest BCUT2D eigenvalue weighted by atomic mass is 9.86. The number of benzene rings is 2. The molecule has 1 aromatic heterocycles. The van der Waals surface area contributed by atoms with E-state index in [1.807, 2.05) is 24.3 Å². The summed E-state index contributed by atoms with van der Waals surface area (Å²) in [6.07, 6.45) is 4.07. The van der Waals surface area contributed by atoms with Gasteiger partial charge < -0.3 is 9.47 Å². The maximum absolute atomic E-state index is 6.53. The maximum Gasteiger partial charge on any atom is 0.137 e. The van der Waals surface area contributed by atoms with Crippen LogP contribution >= 0.6 is 23.2 Å². The second kappa shape index (κ2) is 6.67. The highest BCUT2D eigenvalue weighted by Gasteiger charge is 2.42. The Morgan fingerprint density at radius 1 is 1.12 bits per heavy atom. The summed E-state index contributed by atoms with van der Waals surface area (Å²) in [4.78, 5) is 3.98. The molecule has 4 rings (SSSR count). The fourth-order valence-corrected chi connectivity index (χ4v) is 3.38. The van der Waals surface area contributed by atoms with Crippen molar-refractivity contribution in [3.63, 3.8) is 0 Å². The van der Waals surface area contributed by atoms with Crippen molar-refractivity contribution < 1.29 is 9.47 Å². The predicted molar refractivity (Wildman–Crippen MR) is 95.2 cm³/mol. The van der Waals surface area contributed by atoms with Crippen LogP contribution in [-0.4, -0.2) is 21.4 Å². The maximum atomic E-state index is 6.53. The van der Waals surface area contributed by atoms with Crippen LogP contribution in [0.4, 0.5) is 0 Å². The summed E-state index contributed by atoms with van der Waals surface area (Å²) in [5.41, 5.74) is 0.461. The summed E-state index contributed by atoms with van der Waals surface area (Å²) >= 11 is 12.4. The zero-order valence-corrected chi connectivity index (χ0v) is 14.7. The van der Waals surface area contributed by atoms with Crippen molar-refractivity contribution in [3.8, 4) is 11.5 Å². The van der Waals surface area contributed by atoms with Crippen molar-refractivity contribution in [3.05, 3.63) is 70.7 Å². The summed E-state index contributed by atoms with van der Waals surface area (Å²) in [7, 11) is 0. The minimum absolute atomic E-state index is 0.469. The lowest BCUT2D eigenvalue weighted by Crippen LogP contribution is -2.44. The molecule has 0 saturated carbocycles. The number of rotatable bonds is 5. The average Bonchev–Trinajstić information content (AvgIpc) is 3.07. The molecule has 1 aliphatic rings. The molecule has 128 valence electrons. The van der Waals surface area contributed by atoms with E-state index >= 15 is 0 Å². The molecule has 5 nitrogen and oxygen atoms in total. The van der Waals surface area contributed by atoms with Gasteiger partial charge in [0.15, 0.2) is 0 Å². The van der Waals surface area contributed by atoms with Crippen LogP contribution in [0.2, 0.25) is 10.0 Å². The highest BCUT2D eigenvalue weighted by Crippen LogP contribution is 2.43. The van der Waals surface area contributed by atoms with Crippen molar-refractivity contribution >= 4 is 23.2 Å². The third-order valence-corrected chi connectivity index (χ3v) is 4.81. The molecule has 1 atom stereocenters. The minimum atomic E-state index is -0.469. The lowest BCUT2D eigenvalue weighted by molar-refractivity contribution is -0.165. The van der Waals surface area contributed by atoms with Crippen LogP contribution in [0.1, 0.15) is 12.0 Å². The molecule has 3 aromatic rings. The molecule has 0 spiro atoms. The first-order chi connectivity index (χ1) is 12.1. The second-order valence-electron chi connectivity index (χ2n) is 5.88. The standard InChI is InChI=1S/C18H15Cl2N3O2/c19-13-1-3-14(4-2-13)25-15-5-6-16(17(20)9-15)18(7-8-24-18)10-23-12-21-11-22-23/h1-6,9,11-12H,7-8,10H2. The number of hydrogen-bond donors (Lipinski definition) is 0. The minimum Gasteiger partial charge on any atom is -0.457 e. The lowest BCUT2D eigenvalue weighted by Gasteiger charge is -2.42. The van der Waals surface area contributed by atoms with Crippen LogP contribution in [0, 0.1) is 0 Å². The molecular weight excluding hydrogens is 361 g/mol. The number of nitrogens with zero attached hydrogens (tertiary/aromatic N) is 3. The number of aromatic nitrogens is 3. The molecule has 2 heterocycles. The van der Waals surface area contributed by atoms with Gasteiger partial charge in [0.25, 0.3) is 0 Å². The molecule has 7 heteroatoms. The summed E-state index contributed by atoms with van der Waals surface area (Å²) in [6.45, 7) is 1.28. The SMILES string of the molecule is Clc1ccc(Oc2ccc(C3(Cn4cncn4)CCO3)c(Cl)c2)cc1. The molecule has 0 radical (unpaired) electrons. The first kappa shape index (κ1) is 16.4. The Hall–Kier alpha value is -2.08. The number of halogens is 2. The quantitative estimate of drug-likeness (QED) is 0.648. The van der Waals surface area contributed by atoms with E-state index in [2.05, 4.69) is 10.1 Å². The highest BCUT2D eigenvalue weighted by atomic mass is 35.5. The largest absolute Gasteiger partial charge is 0.457 e. The van der Waals surface area contributed by atoms with Gasteiger partial charge in [-0.3, -0.25) is 0 Å². The van der Waals surface area contributed by atoms with Crippen molar-refractivity contribution in [2.75, 3.05) is 6.61 Å². The van der Waals surface area contributed by atoms with Gasteiger partial charge in [-0.2, -0.15) is 5.10 Å². The smallest absolute Gasteiger partial charge is 0.137 e. The Labute approximate surface area is 155 Å². The second-order valence-corrected chi connectivity index (χ2v) is 6.73. The first-order valence-corrected chi connectivity index (χ1v) is 8.60. The number of hydrogen-bond acceptors (Lipinski definition) is 4. The predicted octanol–water partition coefficient (Wildman–Crippen LogP) is 4.69. The van der Waals surface area contributed by atoms with E-state index in [-0.39, 0.29) is 0 Å². The van der Waals surface area contributed by atoms with Gasteiger partial charge >= 0.3 is 0 Å². The van der Waals surface area contributed by atoms with Crippen LogP contribution in [0.5, 0.6) is 11.5 Å². The number of ether oxygens (including phenoxy) is 2. The molecule has 1 saturated heterocycles. The van der Waals surface area contributed by atoms with Gasteiger partial charge in [0.1, 0.15) is 29.8 Å². The van der Waals surface area contributed by atoms with Crippen molar-refractivity contribution in [1.29, 1.82) is 0 Å². The monoisotopic (exact) mass is 375 g/mol.